The van der Waals surface area contributed by atoms with Crippen LogP contribution in [0, 0.1) is 12.7 Å². The molecule has 0 aliphatic carbocycles. The highest BCUT2D eigenvalue weighted by atomic mass is 35.5. The molecule has 0 saturated carbocycles. The van der Waals surface area contributed by atoms with Gasteiger partial charge in [-0.3, -0.25) is 4.98 Å². The number of allylic oxidation sites excluding steroid dienone is 1. The average Bonchev–Trinajstić information content (AvgIpc) is 2.64. The maximum absolute atomic E-state index is 13.0. The summed E-state index contributed by atoms with van der Waals surface area (Å²) in [5.41, 5.74) is 3.60. The summed E-state index contributed by atoms with van der Waals surface area (Å²) in [6, 6.07) is 16.2. The summed E-state index contributed by atoms with van der Waals surface area (Å²) in [7, 11) is 0. The Morgan fingerprint density at radius 2 is 1.81 bits per heavy atom. The Balaban J connectivity index is 1.88. The molecule has 1 aromatic heterocycles. The van der Waals surface area contributed by atoms with Crippen LogP contribution in [0.4, 0.5) is 10.1 Å². The molecular formula is C21H16ClFN2S. The van der Waals surface area contributed by atoms with Crippen molar-refractivity contribution in [3.05, 3.63) is 100 Å². The van der Waals surface area contributed by atoms with Gasteiger partial charge in [0.25, 0.3) is 0 Å². The summed E-state index contributed by atoms with van der Waals surface area (Å²) in [6.45, 7) is 2.04. The third kappa shape index (κ3) is 5.28. The van der Waals surface area contributed by atoms with Gasteiger partial charge >= 0.3 is 0 Å². The van der Waals surface area contributed by atoms with Gasteiger partial charge in [-0.1, -0.05) is 41.1 Å². The van der Waals surface area contributed by atoms with Crippen LogP contribution in [0.5, 0.6) is 0 Å². The molecule has 0 aliphatic heterocycles. The van der Waals surface area contributed by atoms with Gasteiger partial charge in [-0.25, -0.2) is 9.38 Å². The Kier molecular flexibility index (Phi) is 6.21. The highest BCUT2D eigenvalue weighted by molar-refractivity contribution is 8.02. The van der Waals surface area contributed by atoms with E-state index in [9.17, 15) is 4.39 Å². The molecule has 0 unspecified atom stereocenters. The SMILES string of the molecule is Cc1ccc(/N=C(/C=C/Sc2ccc(F)cc2)c2cncc(Cl)c2)cc1. The van der Waals surface area contributed by atoms with E-state index in [4.69, 9.17) is 16.6 Å². The molecule has 2 nitrogen and oxygen atoms in total. The Bertz CT molecular complexity index is 935. The maximum atomic E-state index is 13.0. The Labute approximate surface area is 161 Å². The summed E-state index contributed by atoms with van der Waals surface area (Å²) < 4.78 is 13.0. The second kappa shape index (κ2) is 8.79. The minimum absolute atomic E-state index is 0.245. The van der Waals surface area contributed by atoms with Crippen molar-refractivity contribution >= 4 is 34.8 Å². The summed E-state index contributed by atoms with van der Waals surface area (Å²) in [5.74, 6) is -0.245. The number of rotatable bonds is 5. The molecule has 0 amide bonds. The van der Waals surface area contributed by atoms with Gasteiger partial charge in [0.05, 0.1) is 16.4 Å². The van der Waals surface area contributed by atoms with Crippen LogP contribution in [0.15, 0.2) is 88.4 Å². The van der Waals surface area contributed by atoms with E-state index in [-0.39, 0.29) is 5.82 Å². The molecule has 5 heteroatoms. The first kappa shape index (κ1) is 18.4. The van der Waals surface area contributed by atoms with Crippen LogP contribution in [0.25, 0.3) is 0 Å². The highest BCUT2D eigenvalue weighted by Crippen LogP contribution is 2.21. The molecular weight excluding hydrogens is 367 g/mol. The Hall–Kier alpha value is -2.43. The first-order chi connectivity index (χ1) is 12.6. The largest absolute Gasteiger partial charge is 0.262 e. The Morgan fingerprint density at radius 3 is 2.50 bits per heavy atom. The van der Waals surface area contributed by atoms with Crippen molar-refractivity contribution in [2.75, 3.05) is 0 Å². The van der Waals surface area contributed by atoms with Crippen molar-refractivity contribution in [1.82, 2.24) is 4.98 Å². The lowest BCUT2D eigenvalue weighted by atomic mass is 10.1. The molecule has 0 spiro atoms. The molecule has 0 atom stereocenters. The highest BCUT2D eigenvalue weighted by Gasteiger charge is 2.03. The lowest BCUT2D eigenvalue weighted by molar-refractivity contribution is 0.626. The smallest absolute Gasteiger partial charge is 0.123 e. The number of halogens is 2. The molecule has 130 valence electrons. The standard InChI is InChI=1S/C21H16ClFN2S/c1-15-2-6-19(7-3-15)25-21(16-12-17(22)14-24-13-16)10-11-26-20-8-4-18(23)5-9-20/h2-14H,1H3/b11-10+,25-21-. The predicted molar refractivity (Wildman–Crippen MR) is 108 cm³/mol. The number of aryl methyl sites for hydroxylation is 1. The summed E-state index contributed by atoms with van der Waals surface area (Å²) in [4.78, 5) is 9.80. The minimum atomic E-state index is -0.245. The molecule has 2 aromatic carbocycles. The third-order valence-corrected chi connectivity index (χ3v) is 4.55. The normalized spacial score (nSPS) is 11.9. The van der Waals surface area contributed by atoms with Crippen LogP contribution < -0.4 is 0 Å². The second-order valence-electron chi connectivity index (χ2n) is 5.60. The number of benzene rings is 2. The van der Waals surface area contributed by atoms with Crippen LogP contribution in [0.3, 0.4) is 0 Å². The lowest BCUT2D eigenvalue weighted by Gasteiger charge is -2.04. The fourth-order valence-electron chi connectivity index (χ4n) is 2.20. The van der Waals surface area contributed by atoms with Crippen molar-refractivity contribution in [2.45, 2.75) is 11.8 Å². The summed E-state index contributed by atoms with van der Waals surface area (Å²) in [5, 5.41) is 2.47. The number of pyridine rings is 1. The van der Waals surface area contributed by atoms with Crippen LogP contribution in [0.1, 0.15) is 11.1 Å². The van der Waals surface area contributed by atoms with Crippen LogP contribution in [0.2, 0.25) is 5.02 Å². The maximum Gasteiger partial charge on any atom is 0.123 e. The molecule has 3 rings (SSSR count). The monoisotopic (exact) mass is 382 g/mol. The van der Waals surface area contributed by atoms with Gasteiger partial charge in [-0.05, 0) is 60.9 Å². The quantitative estimate of drug-likeness (QED) is 0.366. The van der Waals surface area contributed by atoms with Gasteiger partial charge in [-0.2, -0.15) is 0 Å². The van der Waals surface area contributed by atoms with Crippen LogP contribution >= 0.6 is 23.4 Å². The third-order valence-electron chi connectivity index (χ3n) is 3.53. The van der Waals surface area contributed by atoms with E-state index in [2.05, 4.69) is 4.98 Å². The minimum Gasteiger partial charge on any atom is -0.262 e. The van der Waals surface area contributed by atoms with Crippen molar-refractivity contribution < 1.29 is 4.39 Å². The van der Waals surface area contributed by atoms with E-state index in [1.54, 1.807) is 24.5 Å². The van der Waals surface area contributed by atoms with E-state index >= 15 is 0 Å². The van der Waals surface area contributed by atoms with Gasteiger partial charge in [0.15, 0.2) is 0 Å². The lowest BCUT2D eigenvalue weighted by Crippen LogP contribution is -1.97. The summed E-state index contributed by atoms with van der Waals surface area (Å²) >= 11 is 7.56. The molecule has 1 heterocycles. The zero-order valence-corrected chi connectivity index (χ0v) is 15.6. The number of aliphatic imine (C=N–C) groups is 1. The van der Waals surface area contributed by atoms with Crippen molar-refractivity contribution in [1.29, 1.82) is 0 Å². The number of nitrogens with zero attached hydrogens (tertiary/aromatic N) is 2. The molecule has 0 fully saturated rings. The fourth-order valence-corrected chi connectivity index (χ4v) is 3.02. The van der Waals surface area contributed by atoms with Crippen LogP contribution in [-0.2, 0) is 0 Å². The van der Waals surface area contributed by atoms with Crippen molar-refractivity contribution in [3.8, 4) is 0 Å². The zero-order chi connectivity index (χ0) is 18.4. The van der Waals surface area contributed by atoms with Gasteiger partial charge < -0.3 is 0 Å². The molecule has 0 bridgehead atoms. The fraction of sp³-hybridized carbons (Fsp3) is 0.0476. The summed E-state index contributed by atoms with van der Waals surface area (Å²) in [6.07, 6.45) is 5.22. The first-order valence-electron chi connectivity index (χ1n) is 7.95. The first-order valence-corrected chi connectivity index (χ1v) is 9.21. The van der Waals surface area contributed by atoms with E-state index in [1.807, 2.05) is 48.7 Å². The molecule has 0 aliphatic rings. The molecule has 0 saturated heterocycles. The molecule has 0 radical (unpaired) electrons. The zero-order valence-electron chi connectivity index (χ0n) is 14.1. The van der Waals surface area contributed by atoms with E-state index in [0.717, 1.165) is 21.9 Å². The van der Waals surface area contributed by atoms with Crippen molar-refractivity contribution in [3.63, 3.8) is 0 Å². The van der Waals surface area contributed by atoms with E-state index in [1.165, 1.54) is 29.5 Å². The number of hydrogen-bond donors (Lipinski definition) is 0. The van der Waals surface area contributed by atoms with E-state index in [0.29, 0.717) is 5.02 Å². The number of hydrogen-bond acceptors (Lipinski definition) is 3. The van der Waals surface area contributed by atoms with E-state index < -0.39 is 0 Å². The average molecular weight is 383 g/mol. The molecule has 0 N–H and O–H groups in total. The second-order valence-corrected chi connectivity index (χ2v) is 7.01. The van der Waals surface area contributed by atoms with Gasteiger partial charge in [0.1, 0.15) is 5.82 Å². The molecule has 26 heavy (non-hydrogen) atoms. The molecule has 3 aromatic rings. The van der Waals surface area contributed by atoms with Gasteiger partial charge in [0, 0.05) is 22.9 Å². The van der Waals surface area contributed by atoms with Crippen LogP contribution in [-0.4, -0.2) is 10.7 Å². The topological polar surface area (TPSA) is 25.2 Å². The number of thioether (sulfide) groups is 1. The number of aromatic nitrogens is 1. The van der Waals surface area contributed by atoms with Gasteiger partial charge in [0.2, 0.25) is 0 Å². The Morgan fingerprint density at radius 1 is 1.08 bits per heavy atom. The predicted octanol–water partition coefficient (Wildman–Crippen LogP) is 6.61. The van der Waals surface area contributed by atoms with Gasteiger partial charge in [-0.15, -0.1) is 0 Å². The van der Waals surface area contributed by atoms with Crippen molar-refractivity contribution in [2.24, 2.45) is 4.99 Å².